The average Bonchev–Trinajstić information content (AvgIpc) is 3.53. The molecule has 0 spiro atoms. The second-order valence-corrected chi connectivity index (χ2v) is 9.87. The van der Waals surface area contributed by atoms with Gasteiger partial charge in [-0.3, -0.25) is 19.9 Å². The summed E-state index contributed by atoms with van der Waals surface area (Å²) in [7, 11) is 2.15. The van der Waals surface area contributed by atoms with Gasteiger partial charge in [-0.25, -0.2) is 4.98 Å². The number of aromatic nitrogens is 6. The summed E-state index contributed by atoms with van der Waals surface area (Å²) in [6.45, 7) is 7.64. The molecule has 0 bridgehead atoms. The molecule has 5 heterocycles. The summed E-state index contributed by atoms with van der Waals surface area (Å²) in [5.74, 6) is 0.545. The lowest BCUT2D eigenvalue weighted by atomic mass is 10.0. The largest absolute Gasteiger partial charge is 0.366 e. The molecule has 1 amide bonds. The minimum Gasteiger partial charge on any atom is -0.366 e. The maximum Gasteiger partial charge on any atom is 0.226 e. The predicted molar refractivity (Wildman–Crippen MR) is 145 cm³/mol. The number of nitrogens with zero attached hydrogens (tertiary/aromatic N) is 6. The third-order valence-electron chi connectivity index (χ3n) is 6.87. The van der Waals surface area contributed by atoms with E-state index in [0.717, 1.165) is 70.6 Å². The van der Waals surface area contributed by atoms with Crippen molar-refractivity contribution in [1.29, 1.82) is 0 Å². The molecule has 37 heavy (non-hydrogen) atoms. The molecule has 1 aliphatic heterocycles. The van der Waals surface area contributed by atoms with Crippen molar-refractivity contribution in [3.63, 3.8) is 0 Å². The number of aromatic amines is 2. The van der Waals surface area contributed by atoms with Crippen LogP contribution in [0.15, 0.2) is 49.1 Å². The van der Waals surface area contributed by atoms with Crippen molar-refractivity contribution in [2.24, 2.45) is 5.92 Å². The van der Waals surface area contributed by atoms with Gasteiger partial charge in [0.05, 0.1) is 41.0 Å². The van der Waals surface area contributed by atoms with Crippen LogP contribution < -0.4 is 10.2 Å². The van der Waals surface area contributed by atoms with Crippen LogP contribution in [-0.4, -0.2) is 74.2 Å². The van der Waals surface area contributed by atoms with Crippen molar-refractivity contribution in [3.05, 3.63) is 49.1 Å². The molecular formula is C27H29N9O. The van der Waals surface area contributed by atoms with Crippen molar-refractivity contribution in [3.8, 4) is 22.6 Å². The number of carbonyl (C=O) groups is 1. The van der Waals surface area contributed by atoms with Crippen LogP contribution >= 0.6 is 0 Å². The van der Waals surface area contributed by atoms with Crippen LogP contribution in [0.3, 0.4) is 0 Å². The number of carbonyl (C=O) groups excluding carboxylic acids is 1. The van der Waals surface area contributed by atoms with E-state index in [9.17, 15) is 4.79 Å². The van der Waals surface area contributed by atoms with E-state index in [4.69, 9.17) is 4.98 Å². The SMILES string of the molecule is CC(C)C(=O)Nc1cncc(-c2ccc3[nH]nc(-c4nc5c(N6CCN(C)CC6)cncc5[nH]4)c3c2)c1. The van der Waals surface area contributed by atoms with Crippen LogP contribution in [0, 0.1) is 5.92 Å². The Kier molecular flexibility index (Phi) is 5.80. The zero-order valence-electron chi connectivity index (χ0n) is 21.1. The predicted octanol–water partition coefficient (Wildman–Crippen LogP) is 3.91. The van der Waals surface area contributed by atoms with Gasteiger partial charge >= 0.3 is 0 Å². The van der Waals surface area contributed by atoms with Gasteiger partial charge < -0.3 is 20.1 Å². The molecule has 0 saturated carbocycles. The molecule has 1 aliphatic rings. The van der Waals surface area contributed by atoms with Gasteiger partial charge in [-0.05, 0) is 30.8 Å². The van der Waals surface area contributed by atoms with Crippen molar-refractivity contribution < 1.29 is 4.79 Å². The number of H-pyrrole nitrogens is 2. The van der Waals surface area contributed by atoms with E-state index in [1.807, 2.05) is 44.4 Å². The summed E-state index contributed by atoms with van der Waals surface area (Å²) in [6.07, 6.45) is 7.17. The Morgan fingerprint density at radius 1 is 0.973 bits per heavy atom. The number of rotatable bonds is 5. The molecule has 0 aliphatic carbocycles. The lowest BCUT2D eigenvalue weighted by molar-refractivity contribution is -0.118. The Morgan fingerprint density at radius 2 is 1.78 bits per heavy atom. The summed E-state index contributed by atoms with van der Waals surface area (Å²) >= 11 is 0. The number of imidazole rings is 1. The Labute approximate surface area is 214 Å². The van der Waals surface area contributed by atoms with Crippen LogP contribution in [0.5, 0.6) is 0 Å². The first kappa shape index (κ1) is 23.1. The van der Waals surface area contributed by atoms with Gasteiger partial charge in [-0.1, -0.05) is 19.9 Å². The molecule has 188 valence electrons. The molecule has 0 radical (unpaired) electrons. The Hall–Kier alpha value is -4.31. The normalized spacial score (nSPS) is 14.6. The number of likely N-dealkylation sites (N-methyl/N-ethyl adjacent to an activating group) is 1. The number of hydrogen-bond donors (Lipinski definition) is 3. The van der Waals surface area contributed by atoms with Gasteiger partial charge in [0.15, 0.2) is 5.82 Å². The standard InChI is InChI=1S/C27H29N9O/c1-16(2)27(37)30-19-10-18(12-28-13-19)17-4-5-21-20(11-17)24(34-33-21)26-31-22-14-29-15-23(25(22)32-26)36-8-6-35(3)7-9-36/h4-5,10-16H,6-9H2,1-3H3,(H,30,37)(H,31,32)(H,33,34). The first-order valence-electron chi connectivity index (χ1n) is 12.5. The molecule has 3 N–H and O–H groups in total. The van der Waals surface area contributed by atoms with Crippen LogP contribution in [0.1, 0.15) is 13.8 Å². The van der Waals surface area contributed by atoms with Crippen molar-refractivity contribution in [2.45, 2.75) is 13.8 Å². The minimum atomic E-state index is -0.107. The van der Waals surface area contributed by atoms with Gasteiger partial charge in [0.2, 0.25) is 5.91 Å². The minimum absolute atomic E-state index is 0.0400. The van der Waals surface area contributed by atoms with E-state index in [1.165, 1.54) is 0 Å². The summed E-state index contributed by atoms with van der Waals surface area (Å²) in [5.41, 5.74) is 7.03. The first-order valence-corrected chi connectivity index (χ1v) is 12.5. The highest BCUT2D eigenvalue weighted by Gasteiger charge is 2.20. The van der Waals surface area contributed by atoms with E-state index in [0.29, 0.717) is 11.5 Å². The molecule has 1 saturated heterocycles. The maximum absolute atomic E-state index is 12.1. The lowest BCUT2D eigenvalue weighted by Gasteiger charge is -2.33. The first-order chi connectivity index (χ1) is 18.0. The van der Waals surface area contributed by atoms with Gasteiger partial charge in [-0.15, -0.1) is 0 Å². The summed E-state index contributed by atoms with van der Waals surface area (Å²) < 4.78 is 0. The maximum atomic E-state index is 12.1. The smallest absolute Gasteiger partial charge is 0.226 e. The Balaban J connectivity index is 1.36. The molecule has 1 aromatic carbocycles. The summed E-state index contributed by atoms with van der Waals surface area (Å²) in [6, 6.07) is 8.03. The van der Waals surface area contributed by atoms with Crippen molar-refractivity contribution in [1.82, 2.24) is 35.0 Å². The number of piperazine rings is 1. The van der Waals surface area contributed by atoms with E-state index in [1.54, 1.807) is 12.4 Å². The topological polar surface area (TPSA) is 119 Å². The van der Waals surface area contributed by atoms with E-state index < -0.39 is 0 Å². The van der Waals surface area contributed by atoms with Crippen LogP contribution in [0.4, 0.5) is 11.4 Å². The van der Waals surface area contributed by atoms with E-state index >= 15 is 0 Å². The van der Waals surface area contributed by atoms with Gasteiger partial charge in [0, 0.05) is 49.2 Å². The second kappa shape index (κ2) is 9.29. The second-order valence-electron chi connectivity index (χ2n) is 9.87. The number of nitrogens with one attached hydrogen (secondary N) is 3. The third kappa shape index (κ3) is 4.40. The zero-order valence-corrected chi connectivity index (χ0v) is 21.1. The summed E-state index contributed by atoms with van der Waals surface area (Å²) in [4.78, 5) is 34.0. The fourth-order valence-corrected chi connectivity index (χ4v) is 4.64. The quantitative estimate of drug-likeness (QED) is 0.338. The van der Waals surface area contributed by atoms with Crippen molar-refractivity contribution in [2.75, 3.05) is 43.4 Å². The molecule has 5 aromatic rings. The molecule has 4 aromatic heterocycles. The number of benzene rings is 1. The Morgan fingerprint density at radius 3 is 2.59 bits per heavy atom. The van der Waals surface area contributed by atoms with Gasteiger partial charge in [0.1, 0.15) is 11.2 Å². The highest BCUT2D eigenvalue weighted by molar-refractivity contribution is 5.98. The fraction of sp³-hybridized carbons (Fsp3) is 0.296. The fourth-order valence-electron chi connectivity index (χ4n) is 4.64. The number of anilines is 2. The highest BCUT2D eigenvalue weighted by Crippen LogP contribution is 2.33. The molecule has 10 heteroatoms. The van der Waals surface area contributed by atoms with Gasteiger partial charge in [-0.2, -0.15) is 5.10 Å². The van der Waals surface area contributed by atoms with Crippen LogP contribution in [0.25, 0.3) is 44.6 Å². The monoisotopic (exact) mass is 495 g/mol. The summed E-state index contributed by atoms with van der Waals surface area (Å²) in [5, 5.41) is 11.6. The lowest BCUT2D eigenvalue weighted by Crippen LogP contribution is -2.44. The number of pyridine rings is 2. The molecule has 0 unspecified atom stereocenters. The number of hydrogen-bond acceptors (Lipinski definition) is 7. The van der Waals surface area contributed by atoms with Crippen LogP contribution in [0.2, 0.25) is 0 Å². The molecule has 1 fully saturated rings. The van der Waals surface area contributed by atoms with E-state index in [-0.39, 0.29) is 11.8 Å². The van der Waals surface area contributed by atoms with Crippen molar-refractivity contribution >= 4 is 39.2 Å². The average molecular weight is 496 g/mol. The number of amides is 1. The highest BCUT2D eigenvalue weighted by atomic mass is 16.1. The molecule has 10 nitrogen and oxygen atoms in total. The molecule has 0 atom stereocenters. The Bertz CT molecular complexity index is 1590. The zero-order chi connectivity index (χ0) is 25.5. The van der Waals surface area contributed by atoms with E-state index in [2.05, 4.69) is 53.4 Å². The number of fused-ring (bicyclic) bond motifs is 2. The van der Waals surface area contributed by atoms with Gasteiger partial charge in [0.25, 0.3) is 0 Å². The molecular weight excluding hydrogens is 466 g/mol. The molecule has 6 rings (SSSR count). The third-order valence-corrected chi connectivity index (χ3v) is 6.87. The van der Waals surface area contributed by atoms with Crippen LogP contribution in [-0.2, 0) is 4.79 Å².